The van der Waals surface area contributed by atoms with Gasteiger partial charge < -0.3 is 10.1 Å². The molecule has 1 aromatic heterocycles. The van der Waals surface area contributed by atoms with Gasteiger partial charge in [-0.2, -0.15) is 5.10 Å². The van der Waals surface area contributed by atoms with Crippen molar-refractivity contribution in [3.8, 4) is 0 Å². The zero-order valence-corrected chi connectivity index (χ0v) is 16.8. The number of ether oxygens (including phenoxy) is 1. The Bertz CT molecular complexity index is 962. The summed E-state index contributed by atoms with van der Waals surface area (Å²) in [5.74, 6) is -1.23. The molecule has 0 unspecified atom stereocenters. The molecule has 0 bridgehead atoms. The summed E-state index contributed by atoms with van der Waals surface area (Å²) in [7, 11) is -1.38. The lowest BCUT2D eigenvalue weighted by Gasteiger charge is -2.14. The van der Waals surface area contributed by atoms with Gasteiger partial charge in [-0.1, -0.05) is 12.1 Å². The summed E-state index contributed by atoms with van der Waals surface area (Å²) in [6.45, 7) is 5.08. The van der Waals surface area contributed by atoms with Crippen molar-refractivity contribution in [2.75, 3.05) is 11.6 Å². The van der Waals surface area contributed by atoms with Crippen LogP contribution in [0.25, 0.3) is 0 Å². The Morgan fingerprint density at radius 1 is 1.22 bits per heavy atom. The summed E-state index contributed by atoms with van der Waals surface area (Å²) in [5.41, 5.74) is 2.86. The summed E-state index contributed by atoms with van der Waals surface area (Å²) >= 11 is 0. The van der Waals surface area contributed by atoms with Gasteiger partial charge in [-0.05, 0) is 38.5 Å². The third-order valence-electron chi connectivity index (χ3n) is 4.03. The Morgan fingerprint density at radius 3 is 2.30 bits per heavy atom. The Kier molecular flexibility index (Phi) is 6.04. The number of aromatic nitrogens is 2. The number of sulfone groups is 1. The van der Waals surface area contributed by atoms with Gasteiger partial charge in [0.25, 0.3) is 5.91 Å². The van der Waals surface area contributed by atoms with Gasteiger partial charge in [-0.3, -0.25) is 9.48 Å². The Morgan fingerprint density at radius 2 is 1.81 bits per heavy atom. The number of hydrogen-bond acceptors (Lipinski definition) is 6. The van der Waals surface area contributed by atoms with Crippen LogP contribution in [-0.2, 0) is 32.2 Å². The van der Waals surface area contributed by atoms with E-state index < -0.39 is 27.8 Å². The fourth-order valence-corrected chi connectivity index (χ4v) is 3.30. The van der Waals surface area contributed by atoms with Crippen LogP contribution in [0, 0.1) is 13.8 Å². The molecule has 0 aliphatic rings. The molecule has 0 fully saturated rings. The minimum atomic E-state index is -3.15. The molecule has 1 amide bonds. The zero-order chi connectivity index (χ0) is 20.4. The van der Waals surface area contributed by atoms with Crippen molar-refractivity contribution in [2.24, 2.45) is 7.05 Å². The summed E-state index contributed by atoms with van der Waals surface area (Å²) in [5, 5.41) is 6.94. The second-order valence-electron chi connectivity index (χ2n) is 6.47. The third-order valence-corrected chi connectivity index (χ3v) is 4.89. The van der Waals surface area contributed by atoms with E-state index in [9.17, 15) is 18.0 Å². The maximum Gasteiger partial charge on any atom is 0.338 e. The second-order valence-corrected chi connectivity index (χ2v) is 8.61. The molecular formula is C18H23N3O5S. The van der Waals surface area contributed by atoms with Crippen LogP contribution in [0.2, 0.25) is 0 Å². The van der Waals surface area contributed by atoms with E-state index in [-0.39, 0.29) is 11.3 Å². The van der Waals surface area contributed by atoms with E-state index in [0.717, 1.165) is 11.9 Å². The van der Waals surface area contributed by atoms with Gasteiger partial charge in [0, 0.05) is 13.3 Å². The van der Waals surface area contributed by atoms with E-state index in [1.165, 1.54) is 19.1 Å². The quantitative estimate of drug-likeness (QED) is 0.750. The number of esters is 1. The Balaban J connectivity index is 2.01. The van der Waals surface area contributed by atoms with Gasteiger partial charge in [0.15, 0.2) is 15.9 Å². The predicted octanol–water partition coefficient (Wildman–Crippen LogP) is 1.77. The van der Waals surface area contributed by atoms with Gasteiger partial charge >= 0.3 is 5.97 Å². The average Bonchev–Trinajstić information content (AvgIpc) is 2.80. The molecule has 0 spiro atoms. The van der Waals surface area contributed by atoms with Crippen LogP contribution in [-0.4, -0.2) is 42.4 Å². The van der Waals surface area contributed by atoms with Gasteiger partial charge in [0.2, 0.25) is 0 Å². The highest BCUT2D eigenvalue weighted by Crippen LogP contribution is 2.19. The molecule has 0 aliphatic carbocycles. The molecule has 1 atom stereocenters. The highest BCUT2D eigenvalue weighted by molar-refractivity contribution is 7.89. The van der Waals surface area contributed by atoms with Crippen molar-refractivity contribution >= 4 is 27.4 Å². The molecule has 2 rings (SSSR count). The zero-order valence-electron chi connectivity index (χ0n) is 15.9. The summed E-state index contributed by atoms with van der Waals surface area (Å²) < 4.78 is 29.4. The highest BCUT2D eigenvalue weighted by atomic mass is 32.2. The molecule has 1 aromatic carbocycles. The first kappa shape index (κ1) is 20.6. The summed E-state index contributed by atoms with van der Waals surface area (Å²) in [6.07, 6.45) is 0.133. The monoisotopic (exact) mass is 393 g/mol. The number of aryl methyl sites for hydroxylation is 2. The largest absolute Gasteiger partial charge is 0.449 e. The maximum absolute atomic E-state index is 12.3. The van der Waals surface area contributed by atoms with Crippen LogP contribution in [0.15, 0.2) is 24.3 Å². The molecule has 2 aromatic rings. The van der Waals surface area contributed by atoms with Crippen LogP contribution < -0.4 is 5.32 Å². The van der Waals surface area contributed by atoms with Crippen molar-refractivity contribution in [1.82, 2.24) is 9.78 Å². The summed E-state index contributed by atoms with van der Waals surface area (Å²) in [4.78, 5) is 24.5. The van der Waals surface area contributed by atoms with Gasteiger partial charge in [0.1, 0.15) is 0 Å². The topological polar surface area (TPSA) is 107 Å². The highest BCUT2D eigenvalue weighted by Gasteiger charge is 2.21. The Hall–Kier alpha value is -2.68. The van der Waals surface area contributed by atoms with Crippen molar-refractivity contribution in [1.29, 1.82) is 0 Å². The molecule has 0 saturated heterocycles. The number of nitrogens with one attached hydrogen (secondary N) is 1. The lowest BCUT2D eigenvalue weighted by Crippen LogP contribution is -2.30. The van der Waals surface area contributed by atoms with Crippen LogP contribution in [0.5, 0.6) is 0 Å². The molecular weight excluding hydrogens is 370 g/mol. The van der Waals surface area contributed by atoms with E-state index in [2.05, 4.69) is 10.4 Å². The molecule has 8 nitrogen and oxygen atoms in total. The number of amides is 1. The molecule has 1 N–H and O–H groups in total. The first-order valence-corrected chi connectivity index (χ1v) is 10.3. The van der Waals surface area contributed by atoms with Gasteiger partial charge in [-0.25, -0.2) is 13.2 Å². The van der Waals surface area contributed by atoms with Crippen molar-refractivity contribution in [3.05, 3.63) is 46.8 Å². The minimum absolute atomic E-state index is 0.106. The van der Waals surface area contributed by atoms with Crippen LogP contribution in [0.3, 0.4) is 0 Å². The van der Waals surface area contributed by atoms with Gasteiger partial charge in [-0.15, -0.1) is 0 Å². The number of anilines is 1. The number of carbonyl (C=O) groups is 2. The van der Waals surface area contributed by atoms with E-state index in [1.807, 2.05) is 6.92 Å². The SMILES string of the molecule is Cc1nn(C)c(C)c1NC(=O)[C@H](C)OC(=O)c1ccc(CS(C)(=O)=O)cc1. The number of nitrogens with zero attached hydrogens (tertiary/aromatic N) is 2. The Labute approximate surface area is 158 Å². The normalized spacial score (nSPS) is 12.5. The van der Waals surface area contributed by atoms with Gasteiger partial charge in [0.05, 0.1) is 28.4 Å². The number of hydrogen-bond donors (Lipinski definition) is 1. The fraction of sp³-hybridized carbons (Fsp3) is 0.389. The van der Waals surface area contributed by atoms with Crippen molar-refractivity contribution in [2.45, 2.75) is 32.6 Å². The first-order chi connectivity index (χ1) is 12.5. The number of carbonyl (C=O) groups excluding carboxylic acids is 2. The van der Waals surface area contributed by atoms with E-state index in [4.69, 9.17) is 4.74 Å². The van der Waals surface area contributed by atoms with E-state index in [1.54, 1.807) is 30.8 Å². The maximum atomic E-state index is 12.3. The lowest BCUT2D eigenvalue weighted by molar-refractivity contribution is -0.123. The van der Waals surface area contributed by atoms with Crippen molar-refractivity contribution < 1.29 is 22.7 Å². The number of rotatable bonds is 6. The smallest absolute Gasteiger partial charge is 0.338 e. The standard InChI is InChI=1S/C18H23N3O5S/c1-11-16(12(2)21(4)20-11)19-17(22)13(3)26-18(23)15-8-6-14(7-9-15)10-27(5,24)25/h6-9,13H,10H2,1-5H3,(H,19,22)/t13-/m0/s1. The number of benzene rings is 1. The van der Waals surface area contributed by atoms with E-state index in [0.29, 0.717) is 16.9 Å². The lowest BCUT2D eigenvalue weighted by atomic mass is 10.1. The van der Waals surface area contributed by atoms with Crippen LogP contribution in [0.1, 0.15) is 34.2 Å². The molecule has 146 valence electrons. The second kappa shape index (κ2) is 7.91. The fourth-order valence-electron chi connectivity index (χ4n) is 2.50. The summed E-state index contributed by atoms with van der Waals surface area (Å²) in [6, 6.07) is 6.04. The predicted molar refractivity (Wildman–Crippen MR) is 101 cm³/mol. The molecule has 0 aliphatic heterocycles. The first-order valence-electron chi connectivity index (χ1n) is 8.26. The molecule has 9 heteroatoms. The average molecular weight is 393 g/mol. The van der Waals surface area contributed by atoms with E-state index >= 15 is 0 Å². The molecule has 27 heavy (non-hydrogen) atoms. The van der Waals surface area contributed by atoms with Crippen LogP contribution >= 0.6 is 0 Å². The molecule has 0 saturated carbocycles. The van der Waals surface area contributed by atoms with Crippen molar-refractivity contribution in [3.63, 3.8) is 0 Å². The minimum Gasteiger partial charge on any atom is -0.449 e. The third kappa shape index (κ3) is 5.40. The molecule has 1 heterocycles. The van der Waals surface area contributed by atoms with Crippen LogP contribution in [0.4, 0.5) is 5.69 Å². The molecule has 0 radical (unpaired) electrons.